The molecule has 0 bridgehead atoms. The molecule has 0 spiro atoms. The van der Waals surface area contributed by atoms with E-state index in [-0.39, 0.29) is 0 Å². The lowest BCUT2D eigenvalue weighted by atomic mass is 10.1. The first-order chi connectivity index (χ1) is 12.7. The summed E-state index contributed by atoms with van der Waals surface area (Å²) in [7, 11) is -0.737. The van der Waals surface area contributed by atoms with Gasteiger partial charge < -0.3 is 0 Å². The number of aryl methyl sites for hydroxylation is 1. The molecule has 1 aromatic carbocycles. The summed E-state index contributed by atoms with van der Waals surface area (Å²) in [5.41, 5.74) is 3.42. The minimum atomic E-state index is -0.737. The molecule has 4 heteroatoms. The van der Waals surface area contributed by atoms with Gasteiger partial charge in [-0.1, -0.05) is 52.2 Å². The zero-order chi connectivity index (χ0) is 18.7. The average Bonchev–Trinajstić information content (AvgIpc) is 3.15. The van der Waals surface area contributed by atoms with E-state index in [0.717, 1.165) is 17.5 Å². The molecule has 1 heterocycles. The number of unbranched alkanes of at least 4 members (excludes halogenated alkanes) is 4. The molecule has 2 aromatic rings. The maximum Gasteiger partial charge on any atom is 0.116 e. The van der Waals surface area contributed by atoms with Crippen molar-refractivity contribution in [1.82, 2.24) is 15.4 Å². The highest BCUT2D eigenvalue weighted by Gasteiger charge is 2.34. The number of hydrogen-bond donors (Lipinski definition) is 1. The third-order valence-electron chi connectivity index (χ3n) is 5.72. The van der Waals surface area contributed by atoms with E-state index in [0.29, 0.717) is 0 Å². The summed E-state index contributed by atoms with van der Waals surface area (Å²) < 4.78 is 0. The summed E-state index contributed by atoms with van der Waals surface area (Å²) in [4.78, 5) is 0. The third kappa shape index (κ3) is 6.34. The van der Waals surface area contributed by atoms with Gasteiger partial charge in [0.2, 0.25) is 0 Å². The Morgan fingerprint density at radius 2 is 1.38 bits per heavy atom. The molecule has 26 heavy (non-hydrogen) atoms. The van der Waals surface area contributed by atoms with Gasteiger partial charge in [0.15, 0.2) is 0 Å². The van der Waals surface area contributed by atoms with Crippen LogP contribution in [-0.2, 0) is 6.42 Å². The van der Waals surface area contributed by atoms with Crippen LogP contribution >= 0.6 is 7.26 Å². The van der Waals surface area contributed by atoms with Crippen LogP contribution in [0.3, 0.4) is 0 Å². The molecule has 0 fully saturated rings. The molecule has 0 atom stereocenters. The monoisotopic (exact) mass is 376 g/mol. The van der Waals surface area contributed by atoms with Gasteiger partial charge in [-0.15, -0.1) is 0 Å². The Labute approximate surface area is 161 Å². The average molecular weight is 377 g/mol. The predicted molar refractivity (Wildman–Crippen MR) is 118 cm³/mol. The first-order valence-electron chi connectivity index (χ1n) is 10.9. The second kappa shape index (κ2) is 11.7. The van der Waals surface area contributed by atoms with E-state index >= 15 is 0 Å². The van der Waals surface area contributed by atoms with E-state index < -0.39 is 7.26 Å². The smallest absolute Gasteiger partial charge is 0.116 e. The van der Waals surface area contributed by atoms with Crippen LogP contribution in [0.4, 0.5) is 0 Å². The van der Waals surface area contributed by atoms with Crippen molar-refractivity contribution in [2.45, 2.75) is 78.6 Å². The normalized spacial score (nSPS) is 12.1. The van der Waals surface area contributed by atoms with Crippen LogP contribution in [0.1, 0.15) is 77.7 Å². The van der Waals surface area contributed by atoms with E-state index in [1.807, 2.05) is 6.07 Å². The zero-order valence-corrected chi connectivity index (χ0v) is 18.2. The quantitative estimate of drug-likeness (QED) is 0.294. The van der Waals surface area contributed by atoms with Crippen molar-refractivity contribution in [1.29, 1.82) is 0 Å². The van der Waals surface area contributed by atoms with Gasteiger partial charge in [-0.2, -0.15) is 15.4 Å². The number of H-pyrrole nitrogens is 1. The van der Waals surface area contributed by atoms with Crippen LogP contribution in [0, 0.1) is 0 Å². The Kier molecular flexibility index (Phi) is 9.61. The van der Waals surface area contributed by atoms with Gasteiger partial charge in [-0.3, -0.25) is 0 Å². The van der Waals surface area contributed by atoms with Gasteiger partial charge in [0.25, 0.3) is 0 Å². The predicted octanol–water partition coefficient (Wildman–Crippen LogP) is 6.70. The molecule has 0 saturated carbocycles. The van der Waals surface area contributed by atoms with Gasteiger partial charge in [-0.05, 0) is 50.2 Å². The molecule has 3 nitrogen and oxygen atoms in total. The maximum absolute atomic E-state index is 4.34. The first kappa shape index (κ1) is 21.4. The first-order valence-corrected chi connectivity index (χ1v) is 13.4. The van der Waals surface area contributed by atoms with E-state index in [4.69, 9.17) is 0 Å². The number of benzene rings is 1. The number of rotatable bonds is 14. The van der Waals surface area contributed by atoms with Gasteiger partial charge in [0.1, 0.15) is 11.0 Å². The highest BCUT2D eigenvalue weighted by atomic mass is 31.2. The van der Waals surface area contributed by atoms with E-state index in [9.17, 15) is 0 Å². The van der Waals surface area contributed by atoms with Crippen LogP contribution in [0.2, 0.25) is 0 Å². The number of hydrogen-bond acceptors (Lipinski definition) is 2. The SMILES string of the molecule is CCCC[P+](CCCC)(CCCC)CCCCc1cccc2n[nH]nc12. The summed E-state index contributed by atoms with van der Waals surface area (Å²) >= 11 is 0. The summed E-state index contributed by atoms with van der Waals surface area (Å²) in [6.07, 6.45) is 18.4. The topological polar surface area (TPSA) is 41.6 Å². The van der Waals surface area contributed by atoms with Crippen LogP contribution in [0.15, 0.2) is 18.2 Å². The van der Waals surface area contributed by atoms with Crippen LogP contribution in [0.5, 0.6) is 0 Å². The molecule has 0 unspecified atom stereocenters. The van der Waals surface area contributed by atoms with Gasteiger partial charge in [0.05, 0.1) is 24.6 Å². The van der Waals surface area contributed by atoms with Crippen molar-refractivity contribution in [2.24, 2.45) is 0 Å². The van der Waals surface area contributed by atoms with Gasteiger partial charge in [-0.25, -0.2) is 0 Å². The van der Waals surface area contributed by atoms with E-state index in [2.05, 4.69) is 48.3 Å². The van der Waals surface area contributed by atoms with Crippen molar-refractivity contribution in [2.75, 3.05) is 24.6 Å². The lowest BCUT2D eigenvalue weighted by Gasteiger charge is -2.28. The molecule has 1 aromatic heterocycles. The van der Waals surface area contributed by atoms with Crippen molar-refractivity contribution in [3.05, 3.63) is 23.8 Å². The molecule has 0 aliphatic heterocycles. The molecule has 0 saturated heterocycles. The standard InChI is InChI=1S/C22H39N3P/c1-4-7-16-26(17-8-5-2,18-9-6-3)19-11-10-13-20-14-12-15-21-22(20)24-25-23-21/h12,14-15H,4-11,13,16-19H2,1-3H3,(H,23,24,25)/q+1. The minimum Gasteiger partial charge on any atom is -0.197 e. The molecule has 146 valence electrons. The number of aromatic amines is 1. The number of fused-ring (bicyclic) bond motifs is 1. The maximum atomic E-state index is 4.34. The molecule has 0 radical (unpaired) electrons. The molecule has 1 N–H and O–H groups in total. The largest absolute Gasteiger partial charge is 0.197 e. The van der Waals surface area contributed by atoms with E-state index in [1.165, 1.54) is 63.1 Å². The Bertz CT molecular complexity index is 601. The molecule has 0 aliphatic rings. The van der Waals surface area contributed by atoms with Crippen molar-refractivity contribution < 1.29 is 0 Å². The fourth-order valence-corrected chi connectivity index (χ4v) is 9.24. The van der Waals surface area contributed by atoms with Crippen LogP contribution in [-0.4, -0.2) is 40.1 Å². The molecule has 0 aliphatic carbocycles. The van der Waals surface area contributed by atoms with Gasteiger partial charge >= 0.3 is 0 Å². The van der Waals surface area contributed by atoms with Crippen molar-refractivity contribution in [3.63, 3.8) is 0 Å². The molecule has 2 rings (SSSR count). The summed E-state index contributed by atoms with van der Waals surface area (Å²) in [5, 5.41) is 11.3. The Balaban J connectivity index is 1.92. The highest BCUT2D eigenvalue weighted by Crippen LogP contribution is 2.61. The molecular weight excluding hydrogens is 337 g/mol. The molecule has 0 amide bonds. The zero-order valence-electron chi connectivity index (χ0n) is 17.3. The fourth-order valence-electron chi connectivity index (χ4n) is 4.04. The summed E-state index contributed by atoms with van der Waals surface area (Å²) in [6, 6.07) is 6.37. The minimum absolute atomic E-state index is 0.737. The van der Waals surface area contributed by atoms with Crippen LogP contribution in [0.25, 0.3) is 11.0 Å². The van der Waals surface area contributed by atoms with Crippen LogP contribution < -0.4 is 0 Å². The number of nitrogens with zero attached hydrogens (tertiary/aromatic N) is 2. The second-order valence-electron chi connectivity index (χ2n) is 7.86. The van der Waals surface area contributed by atoms with Crippen molar-refractivity contribution >= 4 is 18.3 Å². The number of nitrogens with one attached hydrogen (secondary N) is 1. The number of aromatic nitrogens is 3. The summed E-state index contributed by atoms with van der Waals surface area (Å²) in [6.45, 7) is 7.06. The second-order valence-corrected chi connectivity index (χ2v) is 12.3. The Hall–Kier alpha value is -0.950. The lowest BCUT2D eigenvalue weighted by molar-refractivity contribution is 0.779. The third-order valence-corrected chi connectivity index (χ3v) is 10.8. The Morgan fingerprint density at radius 3 is 2.00 bits per heavy atom. The molecular formula is C22H39N3P+. The number of para-hydroxylation sites is 1. The van der Waals surface area contributed by atoms with E-state index in [1.54, 1.807) is 18.5 Å². The summed E-state index contributed by atoms with van der Waals surface area (Å²) in [5.74, 6) is 0. The lowest BCUT2D eigenvalue weighted by Crippen LogP contribution is -2.13. The highest BCUT2D eigenvalue weighted by molar-refractivity contribution is 7.75. The van der Waals surface area contributed by atoms with Gasteiger partial charge in [0, 0.05) is 7.26 Å². The van der Waals surface area contributed by atoms with Crippen molar-refractivity contribution in [3.8, 4) is 0 Å². The Morgan fingerprint density at radius 1 is 0.769 bits per heavy atom. The fraction of sp³-hybridized carbons (Fsp3) is 0.727.